The SMILES string of the molecule is CS(=O)(=O)CCN1CCN(CC(=O)O)CC1. The summed E-state index contributed by atoms with van der Waals surface area (Å²) in [5.41, 5.74) is 0. The summed E-state index contributed by atoms with van der Waals surface area (Å²) in [6, 6.07) is 0. The number of rotatable bonds is 5. The van der Waals surface area contributed by atoms with Crippen LogP contribution in [-0.2, 0) is 14.6 Å². The van der Waals surface area contributed by atoms with Crippen molar-refractivity contribution in [3.63, 3.8) is 0 Å². The zero-order valence-corrected chi connectivity index (χ0v) is 10.2. The van der Waals surface area contributed by atoms with Gasteiger partial charge in [0.1, 0.15) is 9.84 Å². The summed E-state index contributed by atoms with van der Waals surface area (Å²) >= 11 is 0. The molecule has 1 aliphatic heterocycles. The molecule has 1 saturated heterocycles. The Hall–Kier alpha value is -0.660. The van der Waals surface area contributed by atoms with E-state index >= 15 is 0 Å². The lowest BCUT2D eigenvalue weighted by Gasteiger charge is -2.33. The minimum Gasteiger partial charge on any atom is -0.480 e. The Morgan fingerprint density at radius 3 is 2.12 bits per heavy atom. The molecule has 0 spiro atoms. The smallest absolute Gasteiger partial charge is 0.317 e. The third-order valence-electron chi connectivity index (χ3n) is 2.60. The van der Waals surface area contributed by atoms with Gasteiger partial charge in [-0.2, -0.15) is 0 Å². The van der Waals surface area contributed by atoms with Crippen LogP contribution in [0.25, 0.3) is 0 Å². The van der Waals surface area contributed by atoms with Crippen LogP contribution in [0.1, 0.15) is 0 Å². The topological polar surface area (TPSA) is 77.9 Å². The van der Waals surface area contributed by atoms with E-state index in [2.05, 4.69) is 4.90 Å². The van der Waals surface area contributed by atoms with Crippen LogP contribution in [0.15, 0.2) is 0 Å². The molecule has 1 heterocycles. The average molecular weight is 250 g/mol. The Morgan fingerprint density at radius 2 is 1.69 bits per heavy atom. The van der Waals surface area contributed by atoms with Crippen LogP contribution in [-0.4, -0.2) is 80.6 Å². The lowest BCUT2D eigenvalue weighted by molar-refractivity contribution is -0.138. The summed E-state index contributed by atoms with van der Waals surface area (Å²) in [4.78, 5) is 14.4. The third-order valence-corrected chi connectivity index (χ3v) is 3.53. The highest BCUT2D eigenvalue weighted by molar-refractivity contribution is 7.90. The molecule has 1 aliphatic rings. The molecule has 16 heavy (non-hydrogen) atoms. The second-order valence-electron chi connectivity index (χ2n) is 4.14. The van der Waals surface area contributed by atoms with Crippen LogP contribution in [0.2, 0.25) is 0 Å². The van der Waals surface area contributed by atoms with E-state index in [9.17, 15) is 13.2 Å². The van der Waals surface area contributed by atoms with Gasteiger partial charge in [-0.25, -0.2) is 8.42 Å². The Kier molecular flexibility index (Phi) is 4.69. The van der Waals surface area contributed by atoms with Crippen molar-refractivity contribution in [3.8, 4) is 0 Å². The molecule has 0 unspecified atom stereocenters. The number of carboxylic acids is 1. The fourth-order valence-corrected chi connectivity index (χ4v) is 2.25. The fourth-order valence-electron chi connectivity index (χ4n) is 1.66. The maximum absolute atomic E-state index is 11.0. The van der Waals surface area contributed by atoms with Crippen LogP contribution in [0, 0.1) is 0 Å². The van der Waals surface area contributed by atoms with Gasteiger partial charge in [0, 0.05) is 39.0 Å². The van der Waals surface area contributed by atoms with Gasteiger partial charge in [0.25, 0.3) is 0 Å². The number of hydrogen-bond donors (Lipinski definition) is 1. The quantitative estimate of drug-likeness (QED) is 0.656. The molecule has 0 aromatic rings. The molecule has 0 aromatic heterocycles. The van der Waals surface area contributed by atoms with E-state index in [0.717, 1.165) is 13.1 Å². The lowest BCUT2D eigenvalue weighted by atomic mass is 10.3. The molecule has 0 aromatic carbocycles. The van der Waals surface area contributed by atoms with E-state index in [0.29, 0.717) is 19.6 Å². The van der Waals surface area contributed by atoms with Crippen molar-refractivity contribution in [3.05, 3.63) is 0 Å². The first-order valence-corrected chi connectivity index (χ1v) is 7.27. The molecule has 0 saturated carbocycles. The first-order chi connectivity index (χ1) is 7.37. The third kappa shape index (κ3) is 5.43. The standard InChI is InChI=1S/C9H18N2O4S/c1-16(14,15)7-6-10-2-4-11(5-3-10)8-9(12)13/h2-8H2,1H3,(H,12,13). The maximum Gasteiger partial charge on any atom is 0.317 e. The molecule has 0 aliphatic carbocycles. The van der Waals surface area contributed by atoms with Crippen molar-refractivity contribution in [2.45, 2.75) is 0 Å². The maximum atomic E-state index is 11.0. The molecule has 94 valence electrons. The number of carboxylic acid groups (broad SMARTS) is 1. The second kappa shape index (κ2) is 5.60. The van der Waals surface area contributed by atoms with Gasteiger partial charge in [0.15, 0.2) is 0 Å². The minimum atomic E-state index is -2.91. The number of aliphatic carboxylic acids is 1. The van der Waals surface area contributed by atoms with Gasteiger partial charge in [0.2, 0.25) is 0 Å². The average Bonchev–Trinajstić information content (AvgIpc) is 2.14. The molecular weight excluding hydrogens is 232 g/mol. The Bertz CT molecular complexity index is 333. The van der Waals surface area contributed by atoms with Crippen LogP contribution in [0.3, 0.4) is 0 Å². The summed E-state index contributed by atoms with van der Waals surface area (Å²) in [6.07, 6.45) is 1.23. The molecule has 1 fully saturated rings. The predicted octanol–water partition coefficient (Wildman–Crippen LogP) is -1.27. The molecule has 0 radical (unpaired) electrons. The van der Waals surface area contributed by atoms with Crippen molar-refractivity contribution in [2.24, 2.45) is 0 Å². The van der Waals surface area contributed by atoms with E-state index in [-0.39, 0.29) is 12.3 Å². The molecule has 6 nitrogen and oxygen atoms in total. The number of nitrogens with zero attached hydrogens (tertiary/aromatic N) is 2. The highest BCUT2D eigenvalue weighted by atomic mass is 32.2. The number of hydrogen-bond acceptors (Lipinski definition) is 5. The van der Waals surface area contributed by atoms with E-state index in [1.165, 1.54) is 6.26 Å². The zero-order chi connectivity index (χ0) is 12.2. The molecule has 1 rings (SSSR count). The highest BCUT2D eigenvalue weighted by Gasteiger charge is 2.19. The Morgan fingerprint density at radius 1 is 1.19 bits per heavy atom. The minimum absolute atomic E-state index is 0.0694. The number of carbonyl (C=O) groups is 1. The normalized spacial score (nSPS) is 19.8. The second-order valence-corrected chi connectivity index (χ2v) is 6.40. The van der Waals surface area contributed by atoms with Gasteiger partial charge in [-0.15, -0.1) is 0 Å². The van der Waals surface area contributed by atoms with Crippen molar-refractivity contribution in [2.75, 3.05) is 51.3 Å². The fraction of sp³-hybridized carbons (Fsp3) is 0.889. The van der Waals surface area contributed by atoms with Crippen LogP contribution in [0.4, 0.5) is 0 Å². The summed E-state index contributed by atoms with van der Waals surface area (Å²) < 4.78 is 21.9. The monoisotopic (exact) mass is 250 g/mol. The molecule has 0 amide bonds. The van der Waals surface area contributed by atoms with E-state index in [4.69, 9.17) is 5.11 Å². The van der Waals surface area contributed by atoms with Gasteiger partial charge < -0.3 is 5.11 Å². The van der Waals surface area contributed by atoms with Crippen LogP contribution >= 0.6 is 0 Å². The first kappa shape index (κ1) is 13.4. The Balaban J connectivity index is 2.24. The number of sulfone groups is 1. The lowest BCUT2D eigenvalue weighted by Crippen LogP contribution is -2.48. The van der Waals surface area contributed by atoms with Gasteiger partial charge in [-0.3, -0.25) is 14.6 Å². The van der Waals surface area contributed by atoms with Crippen molar-refractivity contribution >= 4 is 15.8 Å². The van der Waals surface area contributed by atoms with Crippen molar-refractivity contribution < 1.29 is 18.3 Å². The summed E-state index contributed by atoms with van der Waals surface area (Å²) in [7, 11) is -2.91. The van der Waals surface area contributed by atoms with Crippen LogP contribution < -0.4 is 0 Å². The van der Waals surface area contributed by atoms with Crippen LogP contribution in [0.5, 0.6) is 0 Å². The molecule has 0 bridgehead atoms. The van der Waals surface area contributed by atoms with E-state index < -0.39 is 15.8 Å². The Labute approximate surface area is 95.8 Å². The van der Waals surface area contributed by atoms with Gasteiger partial charge in [-0.1, -0.05) is 0 Å². The van der Waals surface area contributed by atoms with Crippen molar-refractivity contribution in [1.29, 1.82) is 0 Å². The predicted molar refractivity (Wildman–Crippen MR) is 60.2 cm³/mol. The van der Waals surface area contributed by atoms with Crippen molar-refractivity contribution in [1.82, 2.24) is 9.80 Å². The number of piperazine rings is 1. The molecule has 1 N–H and O–H groups in total. The largest absolute Gasteiger partial charge is 0.480 e. The molecular formula is C9H18N2O4S. The summed E-state index contributed by atoms with van der Waals surface area (Å²) in [6.45, 7) is 3.47. The summed E-state index contributed by atoms with van der Waals surface area (Å²) in [5, 5.41) is 8.61. The van der Waals surface area contributed by atoms with Gasteiger partial charge in [0.05, 0.1) is 12.3 Å². The van der Waals surface area contributed by atoms with Gasteiger partial charge in [-0.05, 0) is 0 Å². The van der Waals surface area contributed by atoms with E-state index in [1.54, 1.807) is 0 Å². The first-order valence-electron chi connectivity index (χ1n) is 5.21. The summed E-state index contributed by atoms with van der Waals surface area (Å²) in [5.74, 6) is -0.643. The van der Waals surface area contributed by atoms with E-state index in [1.807, 2.05) is 4.90 Å². The molecule has 7 heteroatoms. The zero-order valence-electron chi connectivity index (χ0n) is 9.42. The van der Waals surface area contributed by atoms with Gasteiger partial charge >= 0.3 is 5.97 Å². The highest BCUT2D eigenvalue weighted by Crippen LogP contribution is 2.01. The molecule has 0 atom stereocenters.